The number of amides is 1. The van der Waals surface area contributed by atoms with Gasteiger partial charge in [0.25, 0.3) is 0 Å². The Bertz CT molecular complexity index is 567. The van der Waals surface area contributed by atoms with Gasteiger partial charge in [-0.05, 0) is 6.92 Å². The zero-order valence-corrected chi connectivity index (χ0v) is 9.76. The zero-order valence-electron chi connectivity index (χ0n) is 9.76. The number of hydrogen-bond acceptors (Lipinski definition) is 5. The number of aromatic nitrogens is 2. The van der Waals surface area contributed by atoms with Crippen molar-refractivity contribution >= 4 is 23.4 Å². The van der Waals surface area contributed by atoms with Gasteiger partial charge in [0.2, 0.25) is 5.82 Å². The van der Waals surface area contributed by atoms with E-state index in [9.17, 15) is 32.9 Å². The summed E-state index contributed by atoms with van der Waals surface area (Å²) in [6.45, 7) is -0.269. The van der Waals surface area contributed by atoms with E-state index < -0.39 is 41.0 Å². The fourth-order valence-electron chi connectivity index (χ4n) is 1.35. The number of nitrogens with zero attached hydrogens (tertiary/aromatic N) is 3. The summed E-state index contributed by atoms with van der Waals surface area (Å²) in [7, 11) is 0. The third-order valence-electron chi connectivity index (χ3n) is 2.12. The fourth-order valence-corrected chi connectivity index (χ4v) is 1.35. The number of nitrogens with one attached hydrogen (secondary N) is 1. The molecule has 1 rings (SSSR count). The Kier molecular flexibility index (Phi) is 3.96. The van der Waals surface area contributed by atoms with Gasteiger partial charge in [-0.2, -0.15) is 13.2 Å². The minimum Gasteiger partial charge on any atom is -0.480 e. The van der Waals surface area contributed by atoms with Crippen molar-refractivity contribution in [3.05, 3.63) is 15.8 Å². The van der Waals surface area contributed by atoms with Crippen molar-refractivity contribution < 1.29 is 32.8 Å². The number of nitro groups is 1. The molecule has 0 aliphatic heterocycles. The molecule has 0 aliphatic carbocycles. The highest BCUT2D eigenvalue weighted by Gasteiger charge is 2.46. The molecule has 1 heterocycles. The van der Waals surface area contributed by atoms with E-state index in [-0.39, 0.29) is 10.6 Å². The predicted octanol–water partition coefficient (Wildman–Crippen LogP) is 0.606. The van der Waals surface area contributed by atoms with Crippen LogP contribution in [-0.2, 0) is 9.59 Å². The molecule has 0 saturated carbocycles. The number of carboxylic acids is 1. The molecule has 9 nitrogen and oxygen atoms in total. The highest BCUT2D eigenvalue weighted by Crippen LogP contribution is 2.31. The largest absolute Gasteiger partial charge is 0.480 e. The maximum atomic E-state index is 12.4. The molecule has 0 atom stereocenters. The molecule has 0 aliphatic rings. The van der Waals surface area contributed by atoms with Crippen LogP contribution in [0, 0.1) is 17.0 Å². The Labute approximate surface area is 108 Å². The van der Waals surface area contributed by atoms with Crippen LogP contribution in [0.15, 0.2) is 0 Å². The lowest BCUT2D eigenvalue weighted by molar-refractivity contribution is -0.384. The molecule has 0 fully saturated rings. The number of aromatic amines is 1. The van der Waals surface area contributed by atoms with Gasteiger partial charge in [0, 0.05) is 0 Å². The summed E-state index contributed by atoms with van der Waals surface area (Å²) in [5.41, 5.74) is -1.11. The highest BCUT2D eigenvalue weighted by molar-refractivity contribution is 6.01. The van der Waals surface area contributed by atoms with Crippen molar-refractivity contribution in [1.29, 1.82) is 0 Å². The number of hydrogen-bond donors (Lipinski definition) is 2. The third kappa shape index (κ3) is 3.02. The summed E-state index contributed by atoms with van der Waals surface area (Å²) in [5.74, 6) is -5.34. The number of carboxylic acid groups (broad SMARTS) is 1. The second-order valence-electron chi connectivity index (χ2n) is 3.56. The third-order valence-corrected chi connectivity index (χ3v) is 2.12. The lowest BCUT2D eigenvalue weighted by Crippen LogP contribution is -2.44. The highest BCUT2D eigenvalue weighted by atomic mass is 19.4. The average molecular weight is 296 g/mol. The van der Waals surface area contributed by atoms with Gasteiger partial charge < -0.3 is 5.11 Å². The maximum absolute atomic E-state index is 12.4. The number of H-pyrrole nitrogens is 1. The van der Waals surface area contributed by atoms with E-state index in [1.54, 1.807) is 0 Å². The Balaban J connectivity index is 3.36. The van der Waals surface area contributed by atoms with Crippen molar-refractivity contribution in [2.45, 2.75) is 13.1 Å². The van der Waals surface area contributed by atoms with Crippen molar-refractivity contribution in [1.82, 2.24) is 10.2 Å². The fraction of sp³-hybridized carbons (Fsp3) is 0.375. The molecule has 0 spiro atoms. The summed E-state index contributed by atoms with van der Waals surface area (Å²) < 4.78 is 37.1. The summed E-state index contributed by atoms with van der Waals surface area (Å²) >= 11 is 0. The molecule has 2 N–H and O–H groups in total. The predicted molar refractivity (Wildman–Crippen MR) is 56.0 cm³/mol. The molecule has 0 radical (unpaired) electrons. The maximum Gasteiger partial charge on any atom is 0.471 e. The molecule has 12 heteroatoms. The van der Waals surface area contributed by atoms with Crippen LogP contribution in [0.25, 0.3) is 0 Å². The van der Waals surface area contributed by atoms with E-state index in [2.05, 4.69) is 5.10 Å². The number of alkyl halides is 3. The smallest absolute Gasteiger partial charge is 0.471 e. The molecular weight excluding hydrogens is 289 g/mol. The molecule has 0 aromatic carbocycles. The number of carbonyl (C=O) groups is 2. The molecule has 0 bridgehead atoms. The van der Waals surface area contributed by atoms with Gasteiger partial charge in [-0.25, -0.2) is 0 Å². The first kappa shape index (κ1) is 15.4. The van der Waals surface area contributed by atoms with Gasteiger partial charge in [0.05, 0.1) is 4.92 Å². The van der Waals surface area contributed by atoms with Gasteiger partial charge >= 0.3 is 23.7 Å². The van der Waals surface area contributed by atoms with Crippen LogP contribution in [0.4, 0.5) is 24.7 Å². The van der Waals surface area contributed by atoms with Crippen LogP contribution in [0.1, 0.15) is 5.69 Å². The first-order chi connectivity index (χ1) is 9.05. The number of rotatable bonds is 4. The van der Waals surface area contributed by atoms with E-state index in [0.29, 0.717) is 0 Å². The molecular formula is C8H7F3N4O5. The quantitative estimate of drug-likeness (QED) is 0.618. The van der Waals surface area contributed by atoms with E-state index in [1.165, 1.54) is 0 Å². The minimum atomic E-state index is -5.39. The normalized spacial score (nSPS) is 11.2. The molecule has 0 unspecified atom stereocenters. The van der Waals surface area contributed by atoms with Crippen LogP contribution in [0.2, 0.25) is 0 Å². The molecule has 20 heavy (non-hydrogen) atoms. The van der Waals surface area contributed by atoms with Crippen LogP contribution in [0.3, 0.4) is 0 Å². The number of halogens is 3. The van der Waals surface area contributed by atoms with Gasteiger partial charge in [-0.1, -0.05) is 0 Å². The summed E-state index contributed by atoms with van der Waals surface area (Å²) in [6.07, 6.45) is -5.39. The Hall–Kier alpha value is -2.66. The lowest BCUT2D eigenvalue weighted by Gasteiger charge is -2.18. The molecule has 1 amide bonds. The first-order valence-electron chi connectivity index (χ1n) is 4.85. The number of carbonyl (C=O) groups excluding carboxylic acids is 1. The minimum absolute atomic E-state index is 0.213. The topological polar surface area (TPSA) is 129 Å². The van der Waals surface area contributed by atoms with E-state index in [4.69, 9.17) is 5.11 Å². The van der Waals surface area contributed by atoms with Crippen LogP contribution < -0.4 is 4.90 Å². The standard InChI is InChI=1S/C8H7F3N4O5/c1-3-5(15(19)20)6(13-12-3)14(2-4(16)17)7(18)8(9,10)11/h2H2,1H3,(H,12,13)(H,16,17). The van der Waals surface area contributed by atoms with Gasteiger partial charge in [-0.3, -0.25) is 29.7 Å². The lowest BCUT2D eigenvalue weighted by atomic mass is 10.3. The van der Waals surface area contributed by atoms with Gasteiger partial charge in [0.15, 0.2) is 0 Å². The Morgan fingerprint density at radius 3 is 2.45 bits per heavy atom. The van der Waals surface area contributed by atoms with E-state index >= 15 is 0 Å². The van der Waals surface area contributed by atoms with Crippen molar-refractivity contribution in [3.8, 4) is 0 Å². The molecule has 0 saturated heterocycles. The first-order valence-corrected chi connectivity index (χ1v) is 4.85. The summed E-state index contributed by atoms with van der Waals surface area (Å²) in [6, 6.07) is 0. The SMILES string of the molecule is Cc1[nH]nc(N(CC(=O)O)C(=O)C(F)(F)F)c1[N+](=O)[O-]. The summed E-state index contributed by atoms with van der Waals surface area (Å²) in [4.78, 5) is 31.0. The Morgan fingerprint density at radius 2 is 2.05 bits per heavy atom. The van der Waals surface area contributed by atoms with E-state index in [1.807, 2.05) is 5.10 Å². The summed E-state index contributed by atoms with van der Waals surface area (Å²) in [5, 5.41) is 24.5. The zero-order chi connectivity index (χ0) is 15.7. The van der Waals surface area contributed by atoms with E-state index in [0.717, 1.165) is 6.92 Å². The molecule has 1 aromatic heterocycles. The number of anilines is 1. The van der Waals surface area contributed by atoms with Crippen LogP contribution >= 0.6 is 0 Å². The monoisotopic (exact) mass is 296 g/mol. The van der Waals surface area contributed by atoms with Crippen molar-refractivity contribution in [2.24, 2.45) is 0 Å². The number of aliphatic carboxylic acids is 1. The van der Waals surface area contributed by atoms with Gasteiger partial charge in [-0.15, -0.1) is 5.10 Å². The average Bonchev–Trinajstić information content (AvgIpc) is 2.65. The van der Waals surface area contributed by atoms with Crippen LogP contribution in [0.5, 0.6) is 0 Å². The molecule has 1 aromatic rings. The van der Waals surface area contributed by atoms with Crippen LogP contribution in [-0.4, -0.2) is 44.8 Å². The molecule has 110 valence electrons. The van der Waals surface area contributed by atoms with Gasteiger partial charge in [0.1, 0.15) is 12.2 Å². The van der Waals surface area contributed by atoms with Crippen molar-refractivity contribution in [2.75, 3.05) is 11.4 Å². The number of aryl methyl sites for hydroxylation is 1. The van der Waals surface area contributed by atoms with Crippen molar-refractivity contribution in [3.63, 3.8) is 0 Å². The second kappa shape index (κ2) is 5.14. The second-order valence-corrected chi connectivity index (χ2v) is 3.56. The Morgan fingerprint density at radius 1 is 1.50 bits per heavy atom.